The summed E-state index contributed by atoms with van der Waals surface area (Å²) in [6.45, 7) is 0. The number of nitrogens with zero attached hydrogens (tertiary/aromatic N) is 2. The smallest absolute Gasteiger partial charge is 0.368 e. The molecule has 2 aromatic rings. The van der Waals surface area contributed by atoms with E-state index in [-0.39, 0.29) is 5.95 Å². The van der Waals surface area contributed by atoms with E-state index in [4.69, 9.17) is 5.73 Å². The monoisotopic (exact) mass is 322 g/mol. The number of anilines is 2. The summed E-state index contributed by atoms with van der Waals surface area (Å²) in [5, 5.41) is 3.28. The van der Waals surface area contributed by atoms with Crippen molar-refractivity contribution in [1.82, 2.24) is 9.97 Å². The van der Waals surface area contributed by atoms with Gasteiger partial charge >= 0.3 is 6.18 Å². The van der Waals surface area contributed by atoms with Crippen LogP contribution in [-0.4, -0.2) is 16.0 Å². The van der Waals surface area contributed by atoms with E-state index >= 15 is 0 Å². The Labute approximate surface area is 131 Å². The summed E-state index contributed by atoms with van der Waals surface area (Å²) in [5.41, 5.74) is 5.74. The zero-order valence-electron chi connectivity index (χ0n) is 12.4. The lowest BCUT2D eigenvalue weighted by molar-refractivity contribution is -0.137. The Morgan fingerprint density at radius 2 is 1.83 bits per heavy atom. The standard InChI is InChI=1S/C16H17F3N4/c17-16(18,19)11-5-3-4-10(8-11)13-9-14(23-15(20)22-13)21-12-6-1-2-7-12/h3-5,8-9,12H,1-2,6-7H2,(H3,20,21,22,23). The van der Waals surface area contributed by atoms with Crippen molar-refractivity contribution >= 4 is 11.8 Å². The molecule has 1 aliphatic carbocycles. The molecule has 0 spiro atoms. The SMILES string of the molecule is Nc1nc(NC2CCCC2)cc(-c2cccc(C(F)(F)F)c2)n1. The summed E-state index contributed by atoms with van der Waals surface area (Å²) in [4.78, 5) is 8.19. The Balaban J connectivity index is 1.91. The fraction of sp³-hybridized carbons (Fsp3) is 0.375. The Hall–Kier alpha value is -2.31. The van der Waals surface area contributed by atoms with Crippen LogP contribution in [0.1, 0.15) is 31.2 Å². The largest absolute Gasteiger partial charge is 0.416 e. The highest BCUT2D eigenvalue weighted by Crippen LogP contribution is 2.32. The van der Waals surface area contributed by atoms with Crippen LogP contribution in [-0.2, 0) is 6.18 Å². The molecule has 1 aromatic carbocycles. The average Bonchev–Trinajstić information content (AvgIpc) is 2.99. The third-order valence-corrected chi connectivity index (χ3v) is 3.94. The van der Waals surface area contributed by atoms with Crippen LogP contribution in [0, 0.1) is 0 Å². The van der Waals surface area contributed by atoms with Crippen LogP contribution >= 0.6 is 0 Å². The maximum absolute atomic E-state index is 12.8. The predicted octanol–water partition coefficient (Wildman–Crippen LogP) is 4.10. The highest BCUT2D eigenvalue weighted by Gasteiger charge is 2.30. The molecule has 7 heteroatoms. The van der Waals surface area contributed by atoms with Crippen LogP contribution in [0.15, 0.2) is 30.3 Å². The first-order valence-corrected chi connectivity index (χ1v) is 7.50. The van der Waals surface area contributed by atoms with Gasteiger partial charge in [0.25, 0.3) is 0 Å². The predicted molar refractivity (Wildman–Crippen MR) is 82.8 cm³/mol. The number of alkyl halides is 3. The molecule has 1 saturated carbocycles. The number of benzene rings is 1. The highest BCUT2D eigenvalue weighted by molar-refractivity contribution is 5.65. The van der Waals surface area contributed by atoms with Gasteiger partial charge < -0.3 is 11.1 Å². The molecular weight excluding hydrogens is 305 g/mol. The molecule has 0 aliphatic heterocycles. The van der Waals surface area contributed by atoms with Gasteiger partial charge in [-0.3, -0.25) is 0 Å². The normalized spacial score (nSPS) is 15.8. The minimum Gasteiger partial charge on any atom is -0.368 e. The van der Waals surface area contributed by atoms with Gasteiger partial charge in [-0.05, 0) is 25.0 Å². The summed E-state index contributed by atoms with van der Waals surface area (Å²) in [6.07, 6.45) is 0.0581. The molecule has 0 amide bonds. The number of rotatable bonds is 3. The molecule has 1 aliphatic rings. The molecule has 3 rings (SSSR count). The van der Waals surface area contributed by atoms with Crippen molar-refractivity contribution in [2.24, 2.45) is 0 Å². The molecular formula is C16H17F3N4. The molecule has 4 nitrogen and oxygen atoms in total. The Bertz CT molecular complexity index is 694. The molecule has 0 bridgehead atoms. The molecule has 3 N–H and O–H groups in total. The minimum absolute atomic E-state index is 0.0420. The number of halogens is 3. The van der Waals surface area contributed by atoms with Gasteiger partial charge in [-0.15, -0.1) is 0 Å². The topological polar surface area (TPSA) is 63.8 Å². The van der Waals surface area contributed by atoms with E-state index < -0.39 is 11.7 Å². The summed E-state index contributed by atoms with van der Waals surface area (Å²) < 4.78 is 38.5. The summed E-state index contributed by atoms with van der Waals surface area (Å²) in [6, 6.07) is 7.02. The second kappa shape index (κ2) is 6.06. The molecule has 122 valence electrons. The Morgan fingerprint density at radius 1 is 1.09 bits per heavy atom. The molecule has 1 fully saturated rings. The number of aromatic nitrogens is 2. The van der Waals surface area contributed by atoms with Crippen LogP contribution in [0.25, 0.3) is 11.3 Å². The first-order valence-electron chi connectivity index (χ1n) is 7.50. The molecule has 0 atom stereocenters. The van der Waals surface area contributed by atoms with Crippen LogP contribution in [0.3, 0.4) is 0 Å². The van der Waals surface area contributed by atoms with Crippen LogP contribution in [0.5, 0.6) is 0 Å². The number of hydrogen-bond acceptors (Lipinski definition) is 4. The van der Waals surface area contributed by atoms with E-state index in [2.05, 4.69) is 15.3 Å². The number of nitrogen functional groups attached to an aromatic ring is 1. The first kappa shape index (κ1) is 15.6. The van der Waals surface area contributed by atoms with E-state index in [0.717, 1.165) is 25.0 Å². The number of hydrogen-bond donors (Lipinski definition) is 2. The van der Waals surface area contributed by atoms with Crippen LogP contribution < -0.4 is 11.1 Å². The fourth-order valence-electron chi connectivity index (χ4n) is 2.82. The van der Waals surface area contributed by atoms with Crippen molar-refractivity contribution < 1.29 is 13.2 Å². The molecule has 0 saturated heterocycles. The van der Waals surface area contributed by atoms with Crippen molar-refractivity contribution in [3.63, 3.8) is 0 Å². The summed E-state index contributed by atoms with van der Waals surface area (Å²) in [5.74, 6) is 0.595. The van der Waals surface area contributed by atoms with Crippen molar-refractivity contribution in [2.75, 3.05) is 11.1 Å². The van der Waals surface area contributed by atoms with Gasteiger partial charge in [0.05, 0.1) is 11.3 Å². The van der Waals surface area contributed by atoms with Crippen molar-refractivity contribution in [1.29, 1.82) is 0 Å². The lowest BCUT2D eigenvalue weighted by atomic mass is 10.1. The summed E-state index contributed by atoms with van der Waals surface area (Å²) >= 11 is 0. The Morgan fingerprint density at radius 3 is 2.52 bits per heavy atom. The number of nitrogens with one attached hydrogen (secondary N) is 1. The third-order valence-electron chi connectivity index (χ3n) is 3.94. The van der Waals surface area contributed by atoms with Gasteiger partial charge in [0, 0.05) is 17.7 Å². The Kier molecular flexibility index (Phi) is 4.11. The second-order valence-corrected chi connectivity index (χ2v) is 5.70. The maximum atomic E-state index is 12.8. The molecule has 23 heavy (non-hydrogen) atoms. The van der Waals surface area contributed by atoms with Gasteiger partial charge in [0.2, 0.25) is 5.95 Å². The fourth-order valence-corrected chi connectivity index (χ4v) is 2.82. The molecule has 1 heterocycles. The van der Waals surface area contributed by atoms with Crippen molar-refractivity contribution in [3.8, 4) is 11.3 Å². The van der Waals surface area contributed by atoms with Gasteiger partial charge in [-0.2, -0.15) is 18.2 Å². The highest BCUT2D eigenvalue weighted by atomic mass is 19.4. The van der Waals surface area contributed by atoms with Crippen LogP contribution in [0.2, 0.25) is 0 Å². The van der Waals surface area contributed by atoms with Crippen LogP contribution in [0.4, 0.5) is 24.9 Å². The third kappa shape index (κ3) is 3.72. The van der Waals surface area contributed by atoms with E-state index in [9.17, 15) is 13.2 Å². The van der Waals surface area contributed by atoms with E-state index in [1.165, 1.54) is 18.9 Å². The van der Waals surface area contributed by atoms with E-state index in [1.807, 2.05) is 0 Å². The molecule has 0 unspecified atom stereocenters. The van der Waals surface area contributed by atoms with Gasteiger partial charge in [-0.25, -0.2) is 4.98 Å². The van der Waals surface area contributed by atoms with Gasteiger partial charge in [-0.1, -0.05) is 25.0 Å². The first-order chi connectivity index (χ1) is 10.9. The zero-order valence-corrected chi connectivity index (χ0v) is 12.4. The average molecular weight is 322 g/mol. The summed E-state index contributed by atoms with van der Waals surface area (Å²) in [7, 11) is 0. The molecule has 0 radical (unpaired) electrons. The minimum atomic E-state index is -4.39. The van der Waals surface area contributed by atoms with Crippen molar-refractivity contribution in [3.05, 3.63) is 35.9 Å². The number of nitrogens with two attached hydrogens (primary N) is 1. The van der Waals surface area contributed by atoms with E-state index in [1.54, 1.807) is 12.1 Å². The lowest BCUT2D eigenvalue weighted by Gasteiger charge is -2.14. The van der Waals surface area contributed by atoms with E-state index in [0.29, 0.717) is 23.1 Å². The lowest BCUT2D eigenvalue weighted by Crippen LogP contribution is -2.16. The molecule has 1 aromatic heterocycles. The van der Waals surface area contributed by atoms with Gasteiger partial charge in [0.15, 0.2) is 0 Å². The zero-order chi connectivity index (χ0) is 16.4. The van der Waals surface area contributed by atoms with Gasteiger partial charge in [0.1, 0.15) is 5.82 Å². The quantitative estimate of drug-likeness (QED) is 0.893. The second-order valence-electron chi connectivity index (χ2n) is 5.70. The van der Waals surface area contributed by atoms with Crippen molar-refractivity contribution in [2.45, 2.75) is 37.9 Å². The maximum Gasteiger partial charge on any atom is 0.416 e.